The Kier molecular flexibility index (Phi) is 5.27. The molecule has 0 aliphatic carbocycles. The highest BCUT2D eigenvalue weighted by Crippen LogP contribution is 2.41. The number of halogens is 3. The lowest BCUT2D eigenvalue weighted by Crippen LogP contribution is -2.34. The third-order valence-electron chi connectivity index (χ3n) is 4.45. The van der Waals surface area contributed by atoms with Crippen LogP contribution < -0.4 is 5.32 Å². The fraction of sp³-hybridized carbons (Fsp3) is 0.444. The van der Waals surface area contributed by atoms with E-state index in [1.165, 1.54) is 12.1 Å². The number of thiophene rings is 1. The molecule has 0 radical (unpaired) electrons. The molecule has 1 aromatic carbocycles. The third kappa shape index (κ3) is 3.66. The van der Waals surface area contributed by atoms with Gasteiger partial charge in [-0.2, -0.15) is 13.2 Å². The second-order valence-corrected chi connectivity index (χ2v) is 7.04. The van der Waals surface area contributed by atoms with Crippen molar-refractivity contribution in [1.82, 2.24) is 10.2 Å². The van der Waals surface area contributed by atoms with Gasteiger partial charge >= 0.3 is 6.18 Å². The van der Waals surface area contributed by atoms with Gasteiger partial charge < -0.3 is 5.32 Å². The number of benzene rings is 1. The summed E-state index contributed by atoms with van der Waals surface area (Å²) in [5.41, 5.74) is 0.886. The van der Waals surface area contributed by atoms with Crippen molar-refractivity contribution in [3.8, 4) is 0 Å². The normalized spacial score (nSPS) is 18.3. The fourth-order valence-corrected chi connectivity index (χ4v) is 4.36. The molecule has 1 aliphatic heterocycles. The minimum atomic E-state index is -4.34. The molecule has 0 saturated carbocycles. The van der Waals surface area contributed by atoms with E-state index in [0.29, 0.717) is 5.56 Å². The maximum absolute atomic E-state index is 13.6. The standard InChI is InChI=1S/C18H21F3N2S/c1-13-7-12-24-17(13)16(23-10-4-8-22-9-11-23)14-5-2-3-6-15(14)18(19,20)21/h2-3,5-7,12,16,22H,4,8-11H2,1H3. The molecule has 24 heavy (non-hydrogen) atoms. The molecule has 2 aromatic rings. The van der Waals surface area contributed by atoms with Crippen LogP contribution in [0.25, 0.3) is 0 Å². The van der Waals surface area contributed by atoms with Crippen LogP contribution in [-0.4, -0.2) is 31.1 Å². The number of nitrogens with zero attached hydrogens (tertiary/aromatic N) is 1. The summed E-state index contributed by atoms with van der Waals surface area (Å²) in [6, 6.07) is 7.64. The number of hydrogen-bond acceptors (Lipinski definition) is 3. The number of alkyl halides is 3. The number of aryl methyl sites for hydroxylation is 1. The van der Waals surface area contributed by atoms with Crippen molar-refractivity contribution >= 4 is 11.3 Å². The highest BCUT2D eigenvalue weighted by atomic mass is 32.1. The first-order valence-electron chi connectivity index (χ1n) is 8.13. The highest BCUT2D eigenvalue weighted by Gasteiger charge is 2.37. The molecule has 1 aliphatic rings. The number of nitrogens with one attached hydrogen (secondary N) is 1. The summed E-state index contributed by atoms with van der Waals surface area (Å²) in [6.45, 7) is 5.23. The van der Waals surface area contributed by atoms with E-state index >= 15 is 0 Å². The lowest BCUT2D eigenvalue weighted by Gasteiger charge is -2.32. The van der Waals surface area contributed by atoms with Crippen molar-refractivity contribution < 1.29 is 13.2 Å². The van der Waals surface area contributed by atoms with E-state index in [4.69, 9.17) is 0 Å². The highest BCUT2D eigenvalue weighted by molar-refractivity contribution is 7.10. The fourth-order valence-electron chi connectivity index (χ4n) is 3.29. The Balaban J connectivity index is 2.10. The number of rotatable bonds is 3. The molecule has 1 saturated heterocycles. The van der Waals surface area contributed by atoms with Gasteiger partial charge in [-0.3, -0.25) is 4.90 Å². The van der Waals surface area contributed by atoms with E-state index < -0.39 is 11.7 Å². The Labute approximate surface area is 144 Å². The summed E-state index contributed by atoms with van der Waals surface area (Å²) in [5, 5.41) is 5.29. The molecular formula is C18H21F3N2S. The van der Waals surface area contributed by atoms with E-state index in [9.17, 15) is 13.2 Å². The first-order valence-corrected chi connectivity index (χ1v) is 9.01. The summed E-state index contributed by atoms with van der Waals surface area (Å²) in [4.78, 5) is 3.19. The molecule has 1 unspecified atom stereocenters. The third-order valence-corrected chi connectivity index (χ3v) is 5.52. The van der Waals surface area contributed by atoms with Crippen LogP contribution in [0.2, 0.25) is 0 Å². The SMILES string of the molecule is Cc1ccsc1C(c1ccccc1C(F)(F)F)N1CCCNCC1. The van der Waals surface area contributed by atoms with Crippen LogP contribution in [0, 0.1) is 6.92 Å². The van der Waals surface area contributed by atoms with Crippen LogP contribution in [0.5, 0.6) is 0 Å². The lowest BCUT2D eigenvalue weighted by atomic mass is 9.95. The molecule has 0 amide bonds. The molecule has 130 valence electrons. The molecule has 1 aromatic heterocycles. The van der Waals surface area contributed by atoms with E-state index in [0.717, 1.165) is 43.0 Å². The lowest BCUT2D eigenvalue weighted by molar-refractivity contribution is -0.138. The van der Waals surface area contributed by atoms with Crippen LogP contribution in [-0.2, 0) is 6.18 Å². The van der Waals surface area contributed by atoms with Crippen molar-refractivity contribution in [3.63, 3.8) is 0 Å². The summed E-state index contributed by atoms with van der Waals surface area (Å²) >= 11 is 1.54. The molecule has 0 bridgehead atoms. The van der Waals surface area contributed by atoms with Gasteiger partial charge in [0.1, 0.15) is 0 Å². The molecule has 2 nitrogen and oxygen atoms in total. The van der Waals surface area contributed by atoms with Crippen LogP contribution in [0.15, 0.2) is 35.7 Å². The second-order valence-electron chi connectivity index (χ2n) is 6.09. The summed E-state index contributed by atoms with van der Waals surface area (Å²) in [5.74, 6) is 0. The smallest absolute Gasteiger partial charge is 0.315 e. The van der Waals surface area contributed by atoms with Crippen molar-refractivity contribution in [2.45, 2.75) is 25.6 Å². The van der Waals surface area contributed by atoms with Gasteiger partial charge in [-0.05, 0) is 48.5 Å². The van der Waals surface area contributed by atoms with Crippen LogP contribution in [0.3, 0.4) is 0 Å². The first kappa shape index (κ1) is 17.5. The van der Waals surface area contributed by atoms with Gasteiger partial charge in [-0.1, -0.05) is 18.2 Å². The van der Waals surface area contributed by atoms with E-state index in [1.54, 1.807) is 23.5 Å². The second kappa shape index (κ2) is 7.25. The van der Waals surface area contributed by atoms with Crippen molar-refractivity contribution in [3.05, 3.63) is 57.3 Å². The number of hydrogen-bond donors (Lipinski definition) is 1. The summed E-state index contributed by atoms with van der Waals surface area (Å²) in [7, 11) is 0. The van der Waals surface area contributed by atoms with E-state index in [2.05, 4.69) is 10.2 Å². The zero-order valence-corrected chi connectivity index (χ0v) is 14.4. The zero-order valence-electron chi connectivity index (χ0n) is 13.6. The molecule has 6 heteroatoms. The molecule has 3 rings (SSSR count). The van der Waals surface area contributed by atoms with Gasteiger partial charge in [0.15, 0.2) is 0 Å². The topological polar surface area (TPSA) is 15.3 Å². The van der Waals surface area contributed by atoms with Gasteiger partial charge in [0.05, 0.1) is 11.6 Å². The summed E-state index contributed by atoms with van der Waals surface area (Å²) < 4.78 is 40.7. The Hall–Kier alpha value is -1.37. The van der Waals surface area contributed by atoms with Gasteiger partial charge in [0.2, 0.25) is 0 Å². The van der Waals surface area contributed by atoms with Gasteiger partial charge in [0, 0.05) is 24.5 Å². The zero-order chi connectivity index (χ0) is 17.2. The van der Waals surface area contributed by atoms with E-state index in [-0.39, 0.29) is 6.04 Å². The van der Waals surface area contributed by atoms with Crippen LogP contribution in [0.1, 0.15) is 34.0 Å². The predicted molar refractivity (Wildman–Crippen MR) is 91.4 cm³/mol. The minimum Gasteiger partial charge on any atom is -0.315 e. The average molecular weight is 354 g/mol. The first-order chi connectivity index (χ1) is 11.5. The Morgan fingerprint density at radius 2 is 1.92 bits per heavy atom. The van der Waals surface area contributed by atoms with Crippen molar-refractivity contribution in [2.75, 3.05) is 26.2 Å². The van der Waals surface area contributed by atoms with Crippen LogP contribution in [0.4, 0.5) is 13.2 Å². The molecular weight excluding hydrogens is 333 g/mol. The van der Waals surface area contributed by atoms with Crippen molar-refractivity contribution in [1.29, 1.82) is 0 Å². The monoisotopic (exact) mass is 354 g/mol. The van der Waals surface area contributed by atoms with E-state index in [1.807, 2.05) is 18.4 Å². The molecule has 0 spiro atoms. The van der Waals surface area contributed by atoms with Crippen molar-refractivity contribution in [2.24, 2.45) is 0 Å². The predicted octanol–water partition coefficient (Wildman–Crippen LogP) is 4.46. The maximum Gasteiger partial charge on any atom is 0.416 e. The van der Waals surface area contributed by atoms with Gasteiger partial charge in [-0.15, -0.1) is 11.3 Å². The molecule has 1 N–H and O–H groups in total. The minimum absolute atomic E-state index is 0.345. The Bertz CT molecular complexity index is 673. The maximum atomic E-state index is 13.6. The quantitative estimate of drug-likeness (QED) is 0.875. The Morgan fingerprint density at radius 1 is 1.12 bits per heavy atom. The summed E-state index contributed by atoms with van der Waals surface area (Å²) in [6.07, 6.45) is -3.40. The molecule has 2 heterocycles. The molecule has 1 atom stereocenters. The van der Waals surface area contributed by atoms with Gasteiger partial charge in [-0.25, -0.2) is 0 Å². The largest absolute Gasteiger partial charge is 0.416 e. The van der Waals surface area contributed by atoms with Gasteiger partial charge in [0.25, 0.3) is 0 Å². The van der Waals surface area contributed by atoms with Crippen LogP contribution >= 0.6 is 11.3 Å². The Morgan fingerprint density at radius 3 is 2.62 bits per heavy atom. The molecule has 1 fully saturated rings. The average Bonchev–Trinajstić information content (AvgIpc) is 2.80.